The van der Waals surface area contributed by atoms with Crippen LogP contribution in [0.2, 0.25) is 0 Å². The number of nitrogens with zero attached hydrogens (tertiary/aromatic N) is 1. The predicted molar refractivity (Wildman–Crippen MR) is 67.1 cm³/mol. The molecule has 0 amide bonds. The Balaban J connectivity index is 2.63. The lowest BCUT2D eigenvalue weighted by atomic mass is 10.2. The topological polar surface area (TPSA) is 52.9 Å². The van der Waals surface area contributed by atoms with Crippen molar-refractivity contribution in [2.75, 3.05) is 33.4 Å². The monoisotopic (exact) mass is 239 g/mol. The molecule has 96 valence electrons. The summed E-state index contributed by atoms with van der Waals surface area (Å²) in [5, 5.41) is 17.8. The third kappa shape index (κ3) is 4.73. The van der Waals surface area contributed by atoms with Gasteiger partial charge in [0.2, 0.25) is 0 Å². The van der Waals surface area contributed by atoms with E-state index in [1.165, 1.54) is 0 Å². The number of para-hydroxylation sites is 1. The smallest absolute Gasteiger partial charge is 0.123 e. The molecule has 0 unspecified atom stereocenters. The highest BCUT2D eigenvalue weighted by Crippen LogP contribution is 2.19. The molecule has 0 aliphatic heterocycles. The summed E-state index contributed by atoms with van der Waals surface area (Å²) in [4.78, 5) is 2.11. The van der Waals surface area contributed by atoms with Gasteiger partial charge in [0.05, 0.1) is 13.7 Å². The predicted octanol–water partition coefficient (Wildman–Crippen LogP) is 0.872. The third-order valence-corrected chi connectivity index (χ3v) is 2.64. The van der Waals surface area contributed by atoms with Crippen LogP contribution in [0.15, 0.2) is 24.3 Å². The summed E-state index contributed by atoms with van der Waals surface area (Å²) in [6, 6.07) is 7.86. The van der Waals surface area contributed by atoms with Crippen LogP contribution in [0.4, 0.5) is 0 Å². The van der Waals surface area contributed by atoms with Crippen molar-refractivity contribution in [1.82, 2.24) is 4.90 Å². The second-order valence-corrected chi connectivity index (χ2v) is 3.89. The molecule has 17 heavy (non-hydrogen) atoms. The summed E-state index contributed by atoms with van der Waals surface area (Å²) < 4.78 is 5.29. The fourth-order valence-corrected chi connectivity index (χ4v) is 1.78. The van der Waals surface area contributed by atoms with Gasteiger partial charge in [0.1, 0.15) is 5.75 Å². The molecule has 1 aromatic rings. The summed E-state index contributed by atoms with van der Waals surface area (Å²) in [6.45, 7) is 2.41. The van der Waals surface area contributed by atoms with Gasteiger partial charge in [-0.05, 0) is 12.5 Å². The van der Waals surface area contributed by atoms with Crippen LogP contribution < -0.4 is 4.74 Å². The van der Waals surface area contributed by atoms with E-state index in [4.69, 9.17) is 14.9 Å². The Hall–Kier alpha value is -1.10. The summed E-state index contributed by atoms with van der Waals surface area (Å²) in [5.74, 6) is 0.861. The van der Waals surface area contributed by atoms with E-state index in [9.17, 15) is 0 Å². The van der Waals surface area contributed by atoms with E-state index in [1.54, 1.807) is 7.11 Å². The first-order valence-electron chi connectivity index (χ1n) is 5.87. The molecule has 0 atom stereocenters. The van der Waals surface area contributed by atoms with Gasteiger partial charge < -0.3 is 14.9 Å². The number of benzene rings is 1. The number of hydrogen-bond donors (Lipinski definition) is 2. The fraction of sp³-hybridized carbons (Fsp3) is 0.538. The molecule has 4 heteroatoms. The lowest BCUT2D eigenvalue weighted by molar-refractivity contribution is 0.173. The minimum Gasteiger partial charge on any atom is -0.496 e. The zero-order valence-electron chi connectivity index (χ0n) is 10.3. The zero-order valence-corrected chi connectivity index (χ0v) is 10.3. The molecule has 0 aliphatic carbocycles. The van der Waals surface area contributed by atoms with Crippen molar-refractivity contribution in [3.8, 4) is 5.75 Å². The molecule has 0 aliphatic rings. The highest BCUT2D eigenvalue weighted by Gasteiger charge is 2.08. The van der Waals surface area contributed by atoms with Gasteiger partial charge >= 0.3 is 0 Å². The Kier molecular flexibility index (Phi) is 6.62. The van der Waals surface area contributed by atoms with Crippen LogP contribution in [0.25, 0.3) is 0 Å². The molecule has 1 aromatic carbocycles. The van der Waals surface area contributed by atoms with E-state index in [2.05, 4.69) is 4.90 Å². The Morgan fingerprint density at radius 2 is 1.88 bits per heavy atom. The van der Waals surface area contributed by atoms with Crippen molar-refractivity contribution in [1.29, 1.82) is 0 Å². The number of aliphatic hydroxyl groups is 2. The first-order valence-corrected chi connectivity index (χ1v) is 5.87. The lowest BCUT2D eigenvalue weighted by Crippen LogP contribution is -2.28. The van der Waals surface area contributed by atoms with E-state index < -0.39 is 0 Å². The third-order valence-electron chi connectivity index (χ3n) is 2.64. The molecule has 1 rings (SSSR count). The minimum absolute atomic E-state index is 0.126. The molecule has 0 bridgehead atoms. The second-order valence-electron chi connectivity index (χ2n) is 3.89. The van der Waals surface area contributed by atoms with Crippen LogP contribution in [-0.2, 0) is 6.54 Å². The van der Waals surface area contributed by atoms with Crippen molar-refractivity contribution >= 4 is 0 Å². The van der Waals surface area contributed by atoms with Crippen LogP contribution >= 0.6 is 0 Å². The highest BCUT2D eigenvalue weighted by atomic mass is 16.5. The maximum Gasteiger partial charge on any atom is 0.123 e. The largest absolute Gasteiger partial charge is 0.496 e. The van der Waals surface area contributed by atoms with Crippen LogP contribution in [0, 0.1) is 0 Å². The maximum atomic E-state index is 9.01. The normalized spacial score (nSPS) is 10.8. The molecule has 0 fully saturated rings. The Labute approximate surface area is 102 Å². The summed E-state index contributed by atoms with van der Waals surface area (Å²) in [7, 11) is 1.66. The second kappa shape index (κ2) is 8.06. The molecule has 4 nitrogen and oxygen atoms in total. The first kappa shape index (κ1) is 14.0. The van der Waals surface area contributed by atoms with E-state index >= 15 is 0 Å². The summed E-state index contributed by atoms with van der Waals surface area (Å²) in [5.41, 5.74) is 1.10. The van der Waals surface area contributed by atoms with Gasteiger partial charge in [-0.15, -0.1) is 0 Å². The molecule has 0 spiro atoms. The quantitative estimate of drug-likeness (QED) is 0.707. The average Bonchev–Trinajstić information content (AvgIpc) is 2.37. The number of methoxy groups -OCH3 is 1. The molecular formula is C13H21NO3. The van der Waals surface area contributed by atoms with Crippen LogP contribution in [0.3, 0.4) is 0 Å². The molecule has 0 saturated heterocycles. The van der Waals surface area contributed by atoms with E-state index in [1.807, 2.05) is 24.3 Å². The van der Waals surface area contributed by atoms with Crippen LogP contribution in [0.5, 0.6) is 5.75 Å². The van der Waals surface area contributed by atoms with Gasteiger partial charge in [0, 0.05) is 31.8 Å². The zero-order chi connectivity index (χ0) is 12.5. The molecule has 0 saturated carbocycles. The van der Waals surface area contributed by atoms with Gasteiger partial charge in [-0.3, -0.25) is 4.90 Å². The Bertz CT molecular complexity index is 317. The highest BCUT2D eigenvalue weighted by molar-refractivity contribution is 5.33. The Morgan fingerprint density at radius 1 is 1.12 bits per heavy atom. The van der Waals surface area contributed by atoms with Crippen molar-refractivity contribution in [3.63, 3.8) is 0 Å². The Morgan fingerprint density at radius 3 is 2.53 bits per heavy atom. The van der Waals surface area contributed by atoms with E-state index in [-0.39, 0.29) is 13.2 Å². The molecular weight excluding hydrogens is 218 g/mol. The number of aliphatic hydroxyl groups excluding tert-OH is 2. The van der Waals surface area contributed by atoms with Gasteiger partial charge in [-0.25, -0.2) is 0 Å². The molecule has 0 aromatic heterocycles. The number of hydrogen-bond acceptors (Lipinski definition) is 4. The summed E-state index contributed by atoms with van der Waals surface area (Å²) in [6.07, 6.45) is 0.717. The van der Waals surface area contributed by atoms with Crippen molar-refractivity contribution in [2.45, 2.75) is 13.0 Å². The standard InChI is InChI=1S/C13H21NO3/c1-17-13-6-3-2-5-12(13)11-14(8-10-16)7-4-9-15/h2-3,5-6,15-16H,4,7-11H2,1H3. The van der Waals surface area contributed by atoms with Crippen LogP contribution in [-0.4, -0.2) is 48.5 Å². The van der Waals surface area contributed by atoms with E-state index in [0.717, 1.165) is 30.8 Å². The van der Waals surface area contributed by atoms with Crippen molar-refractivity contribution in [3.05, 3.63) is 29.8 Å². The summed E-state index contributed by atoms with van der Waals surface area (Å²) >= 11 is 0. The molecule has 0 heterocycles. The van der Waals surface area contributed by atoms with Gasteiger partial charge in [0.25, 0.3) is 0 Å². The van der Waals surface area contributed by atoms with Crippen molar-refractivity contribution < 1.29 is 14.9 Å². The van der Waals surface area contributed by atoms with Crippen LogP contribution in [0.1, 0.15) is 12.0 Å². The number of ether oxygens (including phenoxy) is 1. The maximum absolute atomic E-state index is 9.01. The SMILES string of the molecule is COc1ccccc1CN(CCO)CCCO. The number of rotatable bonds is 8. The average molecular weight is 239 g/mol. The van der Waals surface area contributed by atoms with E-state index in [0.29, 0.717) is 6.54 Å². The van der Waals surface area contributed by atoms with Gasteiger partial charge in [-0.1, -0.05) is 18.2 Å². The molecule has 0 radical (unpaired) electrons. The van der Waals surface area contributed by atoms with Crippen molar-refractivity contribution in [2.24, 2.45) is 0 Å². The fourth-order valence-electron chi connectivity index (χ4n) is 1.78. The molecule has 2 N–H and O–H groups in total. The van der Waals surface area contributed by atoms with Gasteiger partial charge in [0.15, 0.2) is 0 Å². The lowest BCUT2D eigenvalue weighted by Gasteiger charge is -2.22. The first-order chi connectivity index (χ1) is 8.31. The van der Waals surface area contributed by atoms with Gasteiger partial charge in [-0.2, -0.15) is 0 Å². The minimum atomic E-state index is 0.126.